The van der Waals surface area contributed by atoms with Gasteiger partial charge in [-0.05, 0) is 26.7 Å². The monoisotopic (exact) mass is 210 g/mol. The molecule has 0 amide bonds. The average Bonchev–Trinajstić information content (AvgIpc) is 2.13. The summed E-state index contributed by atoms with van der Waals surface area (Å²) >= 11 is 0. The molecule has 0 aliphatic heterocycles. The van der Waals surface area contributed by atoms with E-state index in [0.29, 0.717) is 0 Å². The third-order valence-corrected chi connectivity index (χ3v) is 2.08. The van der Waals surface area contributed by atoms with E-state index in [1.165, 1.54) is 6.92 Å². The lowest BCUT2D eigenvalue weighted by Crippen LogP contribution is -2.21. The lowest BCUT2D eigenvalue weighted by molar-refractivity contribution is -0.145. The summed E-state index contributed by atoms with van der Waals surface area (Å²) in [6.45, 7) is 5.16. The van der Waals surface area contributed by atoms with Gasteiger partial charge >= 0.3 is 5.97 Å². The highest BCUT2D eigenvalue weighted by Gasteiger charge is 2.22. The van der Waals surface area contributed by atoms with E-state index in [4.69, 9.17) is 5.11 Å². The smallest absolute Gasteiger partial charge is 0.314 e. The van der Waals surface area contributed by atoms with Crippen LogP contribution in [0.4, 0.5) is 0 Å². The van der Waals surface area contributed by atoms with Crippen LogP contribution in [-0.2, 0) is 9.59 Å². The Kier molecular flexibility index (Phi) is 6.34. The zero-order valence-electron chi connectivity index (χ0n) is 9.49. The van der Waals surface area contributed by atoms with Gasteiger partial charge in [0.2, 0.25) is 0 Å². The van der Waals surface area contributed by atoms with Crippen LogP contribution in [0.3, 0.4) is 0 Å². The molecule has 0 radical (unpaired) electrons. The molecule has 0 rings (SSSR count). The van der Waals surface area contributed by atoms with Gasteiger partial charge in [-0.2, -0.15) is 0 Å². The predicted molar refractivity (Wildman–Crippen MR) is 59.6 cm³/mol. The van der Waals surface area contributed by atoms with Gasteiger partial charge in [-0.15, -0.1) is 0 Å². The summed E-state index contributed by atoms with van der Waals surface area (Å²) < 4.78 is 0. The second-order valence-electron chi connectivity index (χ2n) is 3.39. The Morgan fingerprint density at radius 2 is 2.00 bits per heavy atom. The Morgan fingerprint density at radius 1 is 1.40 bits per heavy atom. The molecule has 84 valence electrons. The van der Waals surface area contributed by atoms with Crippen LogP contribution in [0.15, 0.2) is 23.8 Å². The normalized spacial score (nSPS) is 14.2. The summed E-state index contributed by atoms with van der Waals surface area (Å²) in [4.78, 5) is 21.9. The number of hydrogen-bond acceptors (Lipinski definition) is 2. The molecule has 1 atom stereocenters. The zero-order chi connectivity index (χ0) is 11.8. The first-order chi connectivity index (χ1) is 7.02. The van der Waals surface area contributed by atoms with Crippen molar-refractivity contribution in [2.45, 2.75) is 33.6 Å². The largest absolute Gasteiger partial charge is 0.481 e. The first-order valence-corrected chi connectivity index (χ1v) is 5.07. The van der Waals surface area contributed by atoms with E-state index in [9.17, 15) is 9.59 Å². The van der Waals surface area contributed by atoms with E-state index >= 15 is 0 Å². The van der Waals surface area contributed by atoms with Crippen LogP contribution in [0.5, 0.6) is 0 Å². The van der Waals surface area contributed by atoms with Gasteiger partial charge in [-0.1, -0.05) is 30.7 Å². The van der Waals surface area contributed by atoms with Gasteiger partial charge < -0.3 is 5.11 Å². The number of allylic oxidation sites excluding steroid dienone is 4. The highest BCUT2D eigenvalue weighted by atomic mass is 16.4. The molecule has 15 heavy (non-hydrogen) atoms. The van der Waals surface area contributed by atoms with Crippen LogP contribution in [0, 0.1) is 5.92 Å². The topological polar surface area (TPSA) is 54.4 Å². The Labute approximate surface area is 90.5 Å². The molecule has 0 aromatic carbocycles. The average molecular weight is 210 g/mol. The fourth-order valence-electron chi connectivity index (χ4n) is 1.34. The molecule has 0 aliphatic rings. The number of carboxylic acid groups (broad SMARTS) is 1. The molecule has 0 bridgehead atoms. The molecule has 3 nitrogen and oxygen atoms in total. The Balaban J connectivity index is 4.69. The molecule has 0 aliphatic carbocycles. The molecule has 0 heterocycles. The van der Waals surface area contributed by atoms with E-state index in [1.807, 2.05) is 32.1 Å². The van der Waals surface area contributed by atoms with Gasteiger partial charge in [0.25, 0.3) is 0 Å². The lowest BCUT2D eigenvalue weighted by atomic mass is 9.95. The minimum atomic E-state index is -1.05. The summed E-state index contributed by atoms with van der Waals surface area (Å²) in [5.74, 6) is -2.26. The number of Topliss-reactive ketones (excluding diaryl/α,β-unsaturated/α-hetero) is 1. The minimum Gasteiger partial charge on any atom is -0.481 e. The number of carboxylic acids is 1. The predicted octanol–water partition coefficient (Wildman–Crippen LogP) is 2.58. The van der Waals surface area contributed by atoms with Crippen LogP contribution >= 0.6 is 0 Å². The van der Waals surface area contributed by atoms with Crippen molar-refractivity contribution in [1.29, 1.82) is 0 Å². The molecule has 3 heteroatoms. The van der Waals surface area contributed by atoms with Crippen molar-refractivity contribution in [3.05, 3.63) is 23.8 Å². The second kappa shape index (κ2) is 6.98. The van der Waals surface area contributed by atoms with Crippen LogP contribution in [0.1, 0.15) is 33.6 Å². The van der Waals surface area contributed by atoms with Gasteiger partial charge in [-0.25, -0.2) is 0 Å². The summed E-state index contributed by atoms with van der Waals surface area (Å²) in [6.07, 6.45) is 6.76. The van der Waals surface area contributed by atoms with Gasteiger partial charge in [0.05, 0.1) is 0 Å². The number of ketones is 1. The maximum absolute atomic E-state index is 11.1. The van der Waals surface area contributed by atoms with Gasteiger partial charge in [0, 0.05) is 0 Å². The highest BCUT2D eigenvalue weighted by Crippen LogP contribution is 2.15. The number of carbonyl (C=O) groups excluding carboxylic acids is 1. The standard InChI is InChI=1S/C12H18O3/c1-4-6-10(7-5-2)8-11(9(3)13)12(14)15/h4,6-7,11H,5,8H2,1-3H3,(H,14,15)/b6-4-,10-7+. The Bertz CT molecular complexity index is 273. The molecule has 0 fully saturated rings. The number of hydrogen-bond donors (Lipinski definition) is 1. The van der Waals surface area contributed by atoms with Crippen molar-refractivity contribution in [3.8, 4) is 0 Å². The van der Waals surface area contributed by atoms with Crippen molar-refractivity contribution < 1.29 is 14.7 Å². The molecule has 1 N–H and O–H groups in total. The van der Waals surface area contributed by atoms with Crippen molar-refractivity contribution in [2.24, 2.45) is 5.92 Å². The molecule has 0 saturated heterocycles. The van der Waals surface area contributed by atoms with Gasteiger partial charge in [0.15, 0.2) is 0 Å². The first-order valence-electron chi connectivity index (χ1n) is 5.07. The maximum atomic E-state index is 11.1. The van der Waals surface area contributed by atoms with Crippen molar-refractivity contribution in [1.82, 2.24) is 0 Å². The summed E-state index contributed by atoms with van der Waals surface area (Å²) in [6, 6.07) is 0. The van der Waals surface area contributed by atoms with Crippen LogP contribution in [-0.4, -0.2) is 16.9 Å². The van der Waals surface area contributed by atoms with E-state index in [2.05, 4.69) is 0 Å². The number of carbonyl (C=O) groups is 2. The summed E-state index contributed by atoms with van der Waals surface area (Å²) in [7, 11) is 0. The molecular formula is C12H18O3. The van der Waals surface area contributed by atoms with E-state index in [0.717, 1.165) is 12.0 Å². The first kappa shape index (κ1) is 13.6. The minimum absolute atomic E-state index is 0.281. The fourth-order valence-corrected chi connectivity index (χ4v) is 1.34. The number of aliphatic carboxylic acids is 1. The van der Waals surface area contributed by atoms with Crippen LogP contribution < -0.4 is 0 Å². The third kappa shape index (κ3) is 5.15. The summed E-state index contributed by atoms with van der Waals surface area (Å²) in [5, 5.41) is 8.86. The van der Waals surface area contributed by atoms with Crippen molar-refractivity contribution >= 4 is 11.8 Å². The SMILES string of the molecule is C/C=C\C(=C/CC)CC(C(C)=O)C(=O)O. The van der Waals surface area contributed by atoms with Crippen LogP contribution in [0.2, 0.25) is 0 Å². The Hall–Kier alpha value is -1.38. The Morgan fingerprint density at radius 3 is 2.33 bits per heavy atom. The molecular weight excluding hydrogens is 192 g/mol. The van der Waals surface area contributed by atoms with E-state index in [-0.39, 0.29) is 12.2 Å². The van der Waals surface area contributed by atoms with E-state index < -0.39 is 11.9 Å². The van der Waals surface area contributed by atoms with E-state index in [1.54, 1.807) is 0 Å². The van der Waals surface area contributed by atoms with Crippen LogP contribution in [0.25, 0.3) is 0 Å². The van der Waals surface area contributed by atoms with Gasteiger partial charge in [0.1, 0.15) is 11.7 Å². The maximum Gasteiger partial charge on any atom is 0.314 e. The fraction of sp³-hybridized carbons (Fsp3) is 0.500. The van der Waals surface area contributed by atoms with Crippen molar-refractivity contribution in [3.63, 3.8) is 0 Å². The molecule has 0 saturated carbocycles. The molecule has 1 unspecified atom stereocenters. The lowest BCUT2D eigenvalue weighted by Gasteiger charge is -2.09. The molecule has 0 aromatic heterocycles. The van der Waals surface area contributed by atoms with Gasteiger partial charge in [-0.3, -0.25) is 9.59 Å². The third-order valence-electron chi connectivity index (χ3n) is 2.08. The quantitative estimate of drug-likeness (QED) is 0.541. The highest BCUT2D eigenvalue weighted by molar-refractivity contribution is 5.97. The number of rotatable bonds is 6. The zero-order valence-corrected chi connectivity index (χ0v) is 9.49. The summed E-state index contributed by atoms with van der Waals surface area (Å²) in [5.41, 5.74) is 0.905. The van der Waals surface area contributed by atoms with Crippen molar-refractivity contribution in [2.75, 3.05) is 0 Å². The molecule has 0 spiro atoms. The molecule has 0 aromatic rings. The second-order valence-corrected chi connectivity index (χ2v) is 3.39.